The number of hydrogen-bond acceptors (Lipinski definition) is 3. The molecule has 0 saturated carbocycles. The van der Waals surface area contributed by atoms with Crippen LogP contribution in [0.15, 0.2) is 52.7 Å². The summed E-state index contributed by atoms with van der Waals surface area (Å²) in [4.78, 5) is 0. The van der Waals surface area contributed by atoms with Crippen molar-refractivity contribution in [3.63, 3.8) is 0 Å². The predicted octanol–water partition coefficient (Wildman–Crippen LogP) is 2.72. The summed E-state index contributed by atoms with van der Waals surface area (Å²) in [5.41, 5.74) is 2.97. The molecule has 1 N–H and O–H groups in total. The fourth-order valence-corrected chi connectivity index (χ4v) is 2.49. The minimum Gasteiger partial charge on any atom is -0.472 e. The Morgan fingerprint density at radius 3 is 2.60 bits per heavy atom. The van der Waals surface area contributed by atoms with Crippen LogP contribution in [0.25, 0.3) is 6.08 Å². The van der Waals surface area contributed by atoms with Gasteiger partial charge in [-0.3, -0.25) is 0 Å². The number of rotatable bonds is 6. The van der Waals surface area contributed by atoms with E-state index in [4.69, 9.17) is 4.42 Å². The van der Waals surface area contributed by atoms with Gasteiger partial charge in [-0.25, -0.2) is 13.1 Å². The van der Waals surface area contributed by atoms with Crippen LogP contribution in [0.4, 0.5) is 0 Å². The fourth-order valence-electron chi connectivity index (χ4n) is 1.67. The second-order valence-corrected chi connectivity index (χ2v) is 6.19. The highest BCUT2D eigenvalue weighted by Gasteiger charge is 2.04. The third-order valence-electron chi connectivity index (χ3n) is 2.81. The Kier molecular flexibility index (Phi) is 4.76. The molecule has 0 fully saturated rings. The average Bonchev–Trinajstić information content (AvgIpc) is 2.91. The molecule has 106 valence electrons. The second-order valence-electron chi connectivity index (χ2n) is 4.53. The highest BCUT2D eigenvalue weighted by molar-refractivity contribution is 7.92. The van der Waals surface area contributed by atoms with Gasteiger partial charge in [0.05, 0.1) is 12.5 Å². The molecule has 20 heavy (non-hydrogen) atoms. The number of aryl methyl sites for hydroxylation is 1. The van der Waals surface area contributed by atoms with Crippen LogP contribution in [-0.4, -0.2) is 15.0 Å². The number of furan rings is 1. The molecule has 5 heteroatoms. The molecule has 1 heterocycles. The van der Waals surface area contributed by atoms with Crippen LogP contribution < -0.4 is 4.72 Å². The van der Waals surface area contributed by atoms with Crippen LogP contribution in [-0.2, 0) is 16.4 Å². The van der Waals surface area contributed by atoms with E-state index in [0.29, 0.717) is 13.0 Å². The van der Waals surface area contributed by atoms with Gasteiger partial charge in [-0.1, -0.05) is 29.8 Å². The maximum Gasteiger partial charge on any atom is 0.233 e. The Morgan fingerprint density at radius 2 is 1.95 bits per heavy atom. The van der Waals surface area contributed by atoms with E-state index < -0.39 is 10.0 Å². The standard InChI is InChI=1S/C15H17NO3S/c1-13-2-4-14(5-3-13)8-11-20(17,18)16-9-6-15-7-10-19-12-15/h2-5,7-8,10-12,16H,6,9H2,1H3/b11-8+. The molecule has 2 rings (SSSR count). The summed E-state index contributed by atoms with van der Waals surface area (Å²) in [5.74, 6) is 0. The lowest BCUT2D eigenvalue weighted by atomic mass is 10.2. The maximum absolute atomic E-state index is 11.8. The van der Waals surface area contributed by atoms with E-state index in [1.165, 1.54) is 5.41 Å². The first kappa shape index (κ1) is 14.6. The van der Waals surface area contributed by atoms with Crippen molar-refractivity contribution >= 4 is 16.1 Å². The molecule has 2 aromatic rings. The molecular formula is C15H17NO3S. The summed E-state index contributed by atoms with van der Waals surface area (Å²) in [6.07, 6.45) is 5.37. The van der Waals surface area contributed by atoms with Crippen molar-refractivity contribution in [1.29, 1.82) is 0 Å². The van der Waals surface area contributed by atoms with Crippen molar-refractivity contribution in [2.24, 2.45) is 0 Å². The highest BCUT2D eigenvalue weighted by atomic mass is 32.2. The molecule has 0 radical (unpaired) electrons. The fraction of sp³-hybridized carbons (Fsp3) is 0.200. The Hall–Kier alpha value is -1.85. The molecule has 1 aromatic carbocycles. The molecule has 0 amide bonds. The van der Waals surface area contributed by atoms with E-state index in [-0.39, 0.29) is 0 Å². The summed E-state index contributed by atoms with van der Waals surface area (Å²) in [6, 6.07) is 9.47. The molecular weight excluding hydrogens is 274 g/mol. The van der Waals surface area contributed by atoms with Gasteiger partial charge in [0.2, 0.25) is 10.0 Å². The van der Waals surface area contributed by atoms with Crippen molar-refractivity contribution in [2.45, 2.75) is 13.3 Å². The zero-order chi connectivity index (χ0) is 14.4. The van der Waals surface area contributed by atoms with E-state index in [0.717, 1.165) is 16.7 Å². The topological polar surface area (TPSA) is 59.3 Å². The highest BCUT2D eigenvalue weighted by Crippen LogP contribution is 2.06. The minimum atomic E-state index is -3.40. The van der Waals surface area contributed by atoms with Gasteiger partial charge in [-0.2, -0.15) is 0 Å². The Labute approximate surface area is 119 Å². The number of sulfonamides is 1. The van der Waals surface area contributed by atoms with Gasteiger partial charge < -0.3 is 4.42 Å². The zero-order valence-electron chi connectivity index (χ0n) is 11.2. The largest absolute Gasteiger partial charge is 0.472 e. The van der Waals surface area contributed by atoms with Crippen molar-refractivity contribution < 1.29 is 12.8 Å². The first-order valence-corrected chi connectivity index (χ1v) is 7.85. The van der Waals surface area contributed by atoms with Crippen molar-refractivity contribution in [3.8, 4) is 0 Å². The molecule has 0 bridgehead atoms. The molecule has 0 saturated heterocycles. The summed E-state index contributed by atoms with van der Waals surface area (Å²) < 4.78 is 31.0. The van der Waals surface area contributed by atoms with Crippen LogP contribution in [0.2, 0.25) is 0 Å². The molecule has 0 atom stereocenters. The molecule has 1 aromatic heterocycles. The zero-order valence-corrected chi connectivity index (χ0v) is 12.1. The van der Waals surface area contributed by atoms with Crippen LogP contribution in [0.3, 0.4) is 0 Å². The number of hydrogen-bond donors (Lipinski definition) is 1. The van der Waals surface area contributed by atoms with Crippen LogP contribution >= 0.6 is 0 Å². The summed E-state index contributed by atoms with van der Waals surface area (Å²) in [7, 11) is -3.40. The Morgan fingerprint density at radius 1 is 1.20 bits per heavy atom. The molecule has 0 aliphatic carbocycles. The third-order valence-corrected chi connectivity index (χ3v) is 3.91. The first-order chi connectivity index (χ1) is 9.55. The van der Waals surface area contributed by atoms with Gasteiger partial charge in [-0.05, 0) is 36.6 Å². The Balaban J connectivity index is 1.88. The van der Waals surface area contributed by atoms with E-state index in [9.17, 15) is 8.42 Å². The van der Waals surface area contributed by atoms with E-state index in [1.54, 1.807) is 18.6 Å². The quantitative estimate of drug-likeness (QED) is 0.890. The SMILES string of the molecule is Cc1ccc(/C=C/S(=O)(=O)NCCc2ccoc2)cc1. The van der Waals surface area contributed by atoms with E-state index in [1.807, 2.05) is 37.3 Å². The van der Waals surface area contributed by atoms with Gasteiger partial charge in [0.25, 0.3) is 0 Å². The van der Waals surface area contributed by atoms with Gasteiger partial charge in [-0.15, -0.1) is 0 Å². The van der Waals surface area contributed by atoms with Crippen molar-refractivity contribution in [3.05, 3.63) is 65.0 Å². The minimum absolute atomic E-state index is 0.347. The first-order valence-electron chi connectivity index (χ1n) is 6.31. The molecule has 0 unspecified atom stereocenters. The van der Waals surface area contributed by atoms with Crippen molar-refractivity contribution in [1.82, 2.24) is 4.72 Å². The summed E-state index contributed by atoms with van der Waals surface area (Å²) >= 11 is 0. The molecule has 0 aliphatic rings. The summed E-state index contributed by atoms with van der Waals surface area (Å²) in [6.45, 7) is 2.34. The lowest BCUT2D eigenvalue weighted by Crippen LogP contribution is -2.23. The smallest absolute Gasteiger partial charge is 0.233 e. The Bertz CT molecular complexity index is 656. The van der Waals surface area contributed by atoms with Crippen molar-refractivity contribution in [2.75, 3.05) is 6.54 Å². The number of nitrogens with one attached hydrogen (secondary N) is 1. The van der Waals surface area contributed by atoms with Crippen LogP contribution in [0, 0.1) is 6.92 Å². The van der Waals surface area contributed by atoms with Gasteiger partial charge >= 0.3 is 0 Å². The van der Waals surface area contributed by atoms with Gasteiger partial charge in [0.15, 0.2) is 0 Å². The average molecular weight is 291 g/mol. The monoisotopic (exact) mass is 291 g/mol. The normalized spacial score (nSPS) is 12.1. The van der Waals surface area contributed by atoms with Gasteiger partial charge in [0, 0.05) is 12.0 Å². The lowest BCUT2D eigenvalue weighted by molar-refractivity contribution is 0.562. The number of benzene rings is 1. The van der Waals surface area contributed by atoms with E-state index >= 15 is 0 Å². The third kappa shape index (κ3) is 4.68. The molecule has 4 nitrogen and oxygen atoms in total. The lowest BCUT2D eigenvalue weighted by Gasteiger charge is -2.01. The molecule has 0 aliphatic heterocycles. The van der Waals surface area contributed by atoms with E-state index in [2.05, 4.69) is 4.72 Å². The molecule has 0 spiro atoms. The second kappa shape index (κ2) is 6.54. The van der Waals surface area contributed by atoms with Gasteiger partial charge in [0.1, 0.15) is 0 Å². The van der Waals surface area contributed by atoms with Crippen LogP contribution in [0.1, 0.15) is 16.7 Å². The summed E-state index contributed by atoms with van der Waals surface area (Å²) in [5, 5.41) is 1.19. The van der Waals surface area contributed by atoms with Crippen LogP contribution in [0.5, 0.6) is 0 Å². The predicted molar refractivity (Wildman–Crippen MR) is 79.5 cm³/mol. The maximum atomic E-state index is 11.8.